The Morgan fingerprint density at radius 2 is 1.62 bits per heavy atom. The van der Waals surface area contributed by atoms with Gasteiger partial charge in [0.1, 0.15) is 6.61 Å². The molecular weight excluding hydrogens is 306 g/mol. The predicted octanol–water partition coefficient (Wildman–Crippen LogP) is 2.91. The number of hydrogen-bond acceptors (Lipinski definition) is 3. The lowest BCUT2D eigenvalue weighted by Gasteiger charge is -2.07. The minimum Gasteiger partial charge on any atom is -0.478 e. The highest BCUT2D eigenvalue weighted by Crippen LogP contribution is 2.14. The summed E-state index contributed by atoms with van der Waals surface area (Å²) >= 11 is 5.24. The second kappa shape index (κ2) is 8.24. The van der Waals surface area contributed by atoms with Crippen LogP contribution in [0.4, 0.5) is 5.69 Å². The van der Waals surface area contributed by atoms with Crippen LogP contribution in [0.3, 0.4) is 0 Å². The first-order valence-corrected chi connectivity index (χ1v) is 6.47. The highest BCUT2D eigenvalue weighted by molar-refractivity contribution is 7.80. The lowest BCUT2D eigenvalue weighted by molar-refractivity contribution is 0.302. The summed E-state index contributed by atoms with van der Waals surface area (Å²) in [4.78, 5) is 3.94. The van der Waals surface area contributed by atoms with Crippen molar-refractivity contribution in [3.63, 3.8) is 0 Å². The smallest absolute Gasteiger partial charge is 0.191 e. The minimum atomic E-state index is 0. The maximum Gasteiger partial charge on any atom is 0.191 e. The number of rotatable bonds is 4. The van der Waals surface area contributed by atoms with Crippen molar-refractivity contribution in [1.82, 2.24) is 0 Å². The van der Waals surface area contributed by atoms with Gasteiger partial charge < -0.3 is 16.2 Å². The van der Waals surface area contributed by atoms with Gasteiger partial charge in [0, 0.05) is 5.56 Å². The summed E-state index contributed by atoms with van der Waals surface area (Å²) in [5.74, 6) is 0.0284. The zero-order chi connectivity index (χ0) is 14.4. The number of hydrogen-bond donors (Lipinski definition) is 2. The second-order valence-corrected chi connectivity index (χ2v) is 4.52. The third-order valence-corrected chi connectivity index (χ3v) is 2.93. The molecule has 0 aliphatic carbocycles. The fourth-order valence-corrected chi connectivity index (χ4v) is 1.82. The van der Waals surface area contributed by atoms with Gasteiger partial charge >= 0.3 is 0 Å². The molecule has 2 aromatic carbocycles. The number of nitrogens with zero attached hydrogens (tertiary/aromatic N) is 1. The molecule has 0 aromatic heterocycles. The molecule has 0 bridgehead atoms. The molecule has 0 saturated carbocycles. The van der Waals surface area contributed by atoms with Crippen LogP contribution < -0.4 is 11.5 Å². The normalized spacial score (nSPS) is 9.33. The Hall–Kier alpha value is -2.11. The van der Waals surface area contributed by atoms with Gasteiger partial charge in [-0.05, 0) is 42.0 Å². The summed E-state index contributed by atoms with van der Waals surface area (Å²) in [6.45, 7) is 0.454. The molecule has 4 nitrogen and oxygen atoms in total. The highest BCUT2D eigenvalue weighted by Gasteiger charge is 2.03. The van der Waals surface area contributed by atoms with Crippen LogP contribution >= 0.6 is 24.6 Å². The molecule has 0 radical (unpaired) electrons. The SMILES string of the molecule is Cl.NC(N)=Nc1ccc(C(=S)OCc2ccccc2)cc1. The molecule has 0 spiro atoms. The van der Waals surface area contributed by atoms with Crippen LogP contribution in [0.2, 0.25) is 0 Å². The van der Waals surface area contributed by atoms with Crippen molar-refractivity contribution in [2.24, 2.45) is 16.5 Å². The molecule has 0 aliphatic rings. The van der Waals surface area contributed by atoms with E-state index in [2.05, 4.69) is 4.99 Å². The molecule has 6 heteroatoms. The molecule has 110 valence electrons. The van der Waals surface area contributed by atoms with Gasteiger partial charge in [-0.2, -0.15) is 0 Å². The quantitative estimate of drug-likeness (QED) is 0.516. The standard InChI is InChI=1S/C15H15N3OS.ClH/c16-15(17)18-13-8-6-12(7-9-13)14(20)19-10-11-4-2-1-3-5-11;/h1-9H,10H2,(H4,16,17,18);1H. The first-order valence-electron chi connectivity index (χ1n) is 6.06. The fourth-order valence-electron chi connectivity index (χ4n) is 1.63. The van der Waals surface area contributed by atoms with Gasteiger partial charge in [0.2, 0.25) is 0 Å². The van der Waals surface area contributed by atoms with Gasteiger partial charge in [0.05, 0.1) is 5.69 Å². The van der Waals surface area contributed by atoms with E-state index in [0.717, 1.165) is 11.1 Å². The zero-order valence-corrected chi connectivity index (χ0v) is 12.9. The molecule has 0 saturated heterocycles. The van der Waals surface area contributed by atoms with Crippen LogP contribution in [0.1, 0.15) is 11.1 Å². The van der Waals surface area contributed by atoms with Crippen molar-refractivity contribution in [1.29, 1.82) is 0 Å². The molecule has 0 atom stereocenters. The minimum absolute atomic E-state index is 0. The van der Waals surface area contributed by atoms with E-state index in [-0.39, 0.29) is 18.4 Å². The lowest BCUT2D eigenvalue weighted by Crippen LogP contribution is -2.21. The fraction of sp³-hybridized carbons (Fsp3) is 0.0667. The van der Waals surface area contributed by atoms with Gasteiger partial charge in [0.15, 0.2) is 11.0 Å². The summed E-state index contributed by atoms with van der Waals surface area (Å²) in [6.07, 6.45) is 0. The molecule has 0 heterocycles. The number of halogens is 1. The van der Waals surface area contributed by atoms with E-state index in [0.29, 0.717) is 17.3 Å². The molecular formula is C15H16ClN3OS. The van der Waals surface area contributed by atoms with Gasteiger partial charge in [0.25, 0.3) is 0 Å². The molecule has 0 unspecified atom stereocenters. The maximum atomic E-state index is 5.58. The molecule has 2 rings (SSSR count). The number of nitrogens with two attached hydrogens (primary N) is 2. The number of benzene rings is 2. The van der Waals surface area contributed by atoms with Crippen molar-refractivity contribution >= 4 is 41.3 Å². The van der Waals surface area contributed by atoms with Crippen molar-refractivity contribution in [3.8, 4) is 0 Å². The Balaban J connectivity index is 0.00000220. The summed E-state index contributed by atoms with van der Waals surface area (Å²) in [7, 11) is 0. The Kier molecular flexibility index (Phi) is 6.65. The van der Waals surface area contributed by atoms with E-state index in [4.69, 9.17) is 28.4 Å². The predicted molar refractivity (Wildman–Crippen MR) is 92.1 cm³/mol. The zero-order valence-electron chi connectivity index (χ0n) is 11.2. The average Bonchev–Trinajstić information content (AvgIpc) is 2.46. The Morgan fingerprint density at radius 3 is 2.19 bits per heavy atom. The Morgan fingerprint density at radius 1 is 1.00 bits per heavy atom. The number of thiocarbonyl (C=S) groups is 1. The van der Waals surface area contributed by atoms with E-state index in [9.17, 15) is 0 Å². The maximum absolute atomic E-state index is 5.58. The van der Waals surface area contributed by atoms with Crippen LogP contribution in [0.15, 0.2) is 59.6 Å². The summed E-state index contributed by atoms with van der Waals surface area (Å²) < 4.78 is 5.58. The molecule has 0 fully saturated rings. The molecule has 4 N–H and O–H groups in total. The summed E-state index contributed by atoms with van der Waals surface area (Å²) in [5, 5.41) is 0.449. The van der Waals surface area contributed by atoms with Gasteiger partial charge in [-0.25, -0.2) is 4.99 Å². The van der Waals surface area contributed by atoms with Crippen molar-refractivity contribution < 1.29 is 4.74 Å². The molecule has 2 aromatic rings. The molecule has 0 aliphatic heterocycles. The third-order valence-electron chi connectivity index (χ3n) is 2.57. The highest BCUT2D eigenvalue weighted by atomic mass is 35.5. The van der Waals surface area contributed by atoms with E-state index >= 15 is 0 Å². The first kappa shape index (κ1) is 16.9. The first-order chi connectivity index (χ1) is 9.65. The number of aliphatic imine (C=N–C) groups is 1. The Bertz CT molecular complexity index is 611. The third kappa shape index (κ3) is 5.41. The summed E-state index contributed by atoms with van der Waals surface area (Å²) in [6, 6.07) is 17.1. The van der Waals surface area contributed by atoms with Crippen LogP contribution in [-0.4, -0.2) is 11.0 Å². The van der Waals surface area contributed by atoms with Gasteiger partial charge in [-0.1, -0.05) is 30.3 Å². The van der Waals surface area contributed by atoms with Crippen LogP contribution in [0, 0.1) is 0 Å². The van der Waals surface area contributed by atoms with E-state index in [1.165, 1.54) is 0 Å². The van der Waals surface area contributed by atoms with E-state index in [1.807, 2.05) is 42.5 Å². The lowest BCUT2D eigenvalue weighted by atomic mass is 10.2. The largest absolute Gasteiger partial charge is 0.478 e. The van der Waals surface area contributed by atoms with Gasteiger partial charge in [-0.3, -0.25) is 0 Å². The van der Waals surface area contributed by atoms with Crippen molar-refractivity contribution in [2.75, 3.05) is 0 Å². The monoisotopic (exact) mass is 321 g/mol. The van der Waals surface area contributed by atoms with Crippen molar-refractivity contribution in [2.45, 2.75) is 6.61 Å². The molecule has 0 amide bonds. The molecule has 21 heavy (non-hydrogen) atoms. The van der Waals surface area contributed by atoms with Crippen LogP contribution in [0.25, 0.3) is 0 Å². The van der Waals surface area contributed by atoms with E-state index < -0.39 is 0 Å². The summed E-state index contributed by atoms with van der Waals surface area (Å²) in [5.41, 5.74) is 13.2. The average molecular weight is 322 g/mol. The topological polar surface area (TPSA) is 73.6 Å². The Labute approximate surface area is 135 Å². The number of guanidine groups is 1. The number of ether oxygens (including phenoxy) is 1. The van der Waals surface area contributed by atoms with Gasteiger partial charge in [-0.15, -0.1) is 12.4 Å². The second-order valence-electron chi connectivity index (χ2n) is 4.15. The van der Waals surface area contributed by atoms with Crippen LogP contribution in [0.5, 0.6) is 0 Å². The van der Waals surface area contributed by atoms with Crippen LogP contribution in [-0.2, 0) is 11.3 Å². The van der Waals surface area contributed by atoms with Crippen molar-refractivity contribution in [3.05, 3.63) is 65.7 Å². The van der Waals surface area contributed by atoms with E-state index in [1.54, 1.807) is 12.1 Å².